The molecule has 1 heterocycles. The molecule has 0 unspecified atom stereocenters. The summed E-state index contributed by atoms with van der Waals surface area (Å²) in [5.74, 6) is -1.91. The lowest BCUT2D eigenvalue weighted by Gasteiger charge is -2.12. The van der Waals surface area contributed by atoms with Crippen LogP contribution in [0, 0.1) is 10.1 Å². The molecule has 0 aliphatic carbocycles. The van der Waals surface area contributed by atoms with Crippen molar-refractivity contribution in [2.45, 2.75) is 0 Å². The Bertz CT molecular complexity index is 760. The molecule has 0 saturated heterocycles. The summed E-state index contributed by atoms with van der Waals surface area (Å²) >= 11 is 6.30. The highest BCUT2D eigenvalue weighted by molar-refractivity contribution is 7.18. The monoisotopic (exact) mass is 330 g/mol. The first-order valence-corrected chi connectivity index (χ1v) is 6.47. The second-order valence-electron chi connectivity index (χ2n) is 3.77. The van der Waals surface area contributed by atoms with Crippen LogP contribution in [-0.4, -0.2) is 31.9 Å². The van der Waals surface area contributed by atoms with Gasteiger partial charge in [0.25, 0.3) is 10.8 Å². The van der Waals surface area contributed by atoms with Crippen LogP contribution in [0.2, 0.25) is 5.02 Å². The zero-order valence-electron chi connectivity index (χ0n) is 10.3. The van der Waals surface area contributed by atoms with Crippen molar-refractivity contribution in [3.63, 3.8) is 0 Å². The number of thiazole rings is 1. The lowest BCUT2D eigenvalue weighted by Crippen LogP contribution is -2.01. The summed E-state index contributed by atoms with van der Waals surface area (Å²) < 4.78 is 0.978. The van der Waals surface area contributed by atoms with E-state index in [0.29, 0.717) is 11.3 Å². The number of hydrogen-bond donors (Lipinski definition) is 2. The standard InChI is InChI=1S/C10H7ClN4O5S/c1-14(13-10-12-3-6(21-10)15(19)20)8-5(17)2-4(16)7(11)9(8)18/h2-3H,1H3,(H2-,12,13,16,17,18). The van der Waals surface area contributed by atoms with Gasteiger partial charge in [0.1, 0.15) is 11.9 Å². The second-order valence-corrected chi connectivity index (χ2v) is 5.13. The summed E-state index contributed by atoms with van der Waals surface area (Å²) in [6.07, 6.45) is 1.03. The quantitative estimate of drug-likeness (QED) is 0.383. The molecule has 11 heteroatoms. The molecule has 2 aromatic rings. The van der Waals surface area contributed by atoms with Crippen LogP contribution in [0.1, 0.15) is 0 Å². The third-order valence-electron chi connectivity index (χ3n) is 2.38. The lowest BCUT2D eigenvalue weighted by atomic mass is 10.2. The Hall–Kier alpha value is -2.46. The maximum atomic E-state index is 11.9. The molecule has 0 amide bonds. The van der Waals surface area contributed by atoms with Gasteiger partial charge in [0.15, 0.2) is 12.8 Å². The molecule has 0 spiro atoms. The van der Waals surface area contributed by atoms with E-state index < -0.39 is 27.2 Å². The number of nitrogens with zero attached hydrogens (tertiary/aromatic N) is 4. The fraction of sp³-hybridized carbons (Fsp3) is 0.100. The van der Waals surface area contributed by atoms with E-state index >= 15 is 0 Å². The molecule has 21 heavy (non-hydrogen) atoms. The van der Waals surface area contributed by atoms with Crippen LogP contribution < -0.4 is 5.11 Å². The first-order chi connectivity index (χ1) is 9.81. The minimum atomic E-state index is -0.827. The number of benzene rings is 1. The number of halogens is 1. The number of hydrogen-bond acceptors (Lipinski definition) is 8. The third kappa shape index (κ3) is 2.85. The van der Waals surface area contributed by atoms with Gasteiger partial charge in [0, 0.05) is 11.2 Å². The number of aromatic hydroxyl groups is 2. The van der Waals surface area contributed by atoms with Crippen molar-refractivity contribution in [2.24, 2.45) is 5.11 Å². The first kappa shape index (κ1) is 14.9. The van der Waals surface area contributed by atoms with Crippen LogP contribution in [0.4, 0.5) is 15.8 Å². The van der Waals surface area contributed by atoms with Gasteiger partial charge < -0.3 is 15.3 Å². The predicted molar refractivity (Wildman–Crippen MR) is 70.9 cm³/mol. The average Bonchev–Trinajstić information content (AvgIpc) is 2.84. The minimum absolute atomic E-state index is 0.0206. The average molecular weight is 331 g/mol. The van der Waals surface area contributed by atoms with Crippen molar-refractivity contribution in [3.05, 3.63) is 27.4 Å². The molecule has 0 radical (unpaired) electrons. The van der Waals surface area contributed by atoms with E-state index in [1.807, 2.05) is 0 Å². The number of rotatable bonds is 3. The van der Waals surface area contributed by atoms with E-state index in [1.54, 1.807) is 0 Å². The number of phenols is 2. The largest absolute Gasteiger partial charge is 0.867 e. The van der Waals surface area contributed by atoms with Crippen molar-refractivity contribution >= 4 is 38.8 Å². The van der Waals surface area contributed by atoms with Crippen molar-refractivity contribution in [2.75, 3.05) is 7.05 Å². The van der Waals surface area contributed by atoms with Gasteiger partial charge in [-0.05, 0) is 17.1 Å². The van der Waals surface area contributed by atoms with Crippen LogP contribution in [0.15, 0.2) is 17.4 Å². The maximum absolute atomic E-state index is 11.9. The van der Waals surface area contributed by atoms with Gasteiger partial charge in [-0.2, -0.15) is 0 Å². The maximum Gasteiger partial charge on any atom is 0.345 e. The van der Waals surface area contributed by atoms with E-state index in [4.69, 9.17) is 11.6 Å². The Labute approximate surface area is 126 Å². The summed E-state index contributed by atoms with van der Waals surface area (Å²) in [6, 6.07) is 0.898. The van der Waals surface area contributed by atoms with Crippen LogP contribution in [0.25, 0.3) is 0 Å². The number of nitro groups is 1. The molecule has 0 aliphatic heterocycles. The molecule has 0 fully saturated rings. The molecule has 0 atom stereocenters. The Balaban J connectivity index is 2.48. The summed E-state index contributed by atoms with van der Waals surface area (Å²) in [5.41, 5.74) is -0.282. The summed E-state index contributed by atoms with van der Waals surface area (Å²) in [7, 11) is 1.33. The highest BCUT2D eigenvalue weighted by Crippen LogP contribution is 2.44. The van der Waals surface area contributed by atoms with Gasteiger partial charge in [-0.25, -0.2) is 4.98 Å². The van der Waals surface area contributed by atoms with Gasteiger partial charge in [-0.1, -0.05) is 16.3 Å². The van der Waals surface area contributed by atoms with Crippen LogP contribution in [-0.2, 0) is 0 Å². The SMILES string of the molecule is C[N+](=Nc1ncc([N+](=O)[O-])s1)c1c(O)cc(O)c(Cl)c1[O-]. The number of aromatic nitrogens is 1. The minimum Gasteiger partial charge on any atom is -0.867 e. The fourth-order valence-corrected chi connectivity index (χ4v) is 2.26. The molecule has 0 bridgehead atoms. The van der Waals surface area contributed by atoms with Gasteiger partial charge in [-0.15, -0.1) is 0 Å². The molecular formula is C10H7ClN4O5S. The lowest BCUT2D eigenvalue weighted by molar-refractivity contribution is -0.483. The van der Waals surface area contributed by atoms with Crippen LogP contribution in [0.3, 0.4) is 0 Å². The Kier molecular flexibility index (Phi) is 3.91. The molecule has 9 nitrogen and oxygen atoms in total. The smallest absolute Gasteiger partial charge is 0.345 e. The fourth-order valence-electron chi connectivity index (χ4n) is 1.48. The number of phenolic OH excluding ortho intramolecular Hbond substituents is 2. The highest BCUT2D eigenvalue weighted by Gasteiger charge is 2.21. The van der Waals surface area contributed by atoms with Gasteiger partial charge >= 0.3 is 5.00 Å². The summed E-state index contributed by atoms with van der Waals surface area (Å²) in [6.45, 7) is 0. The van der Waals surface area contributed by atoms with Crippen LogP contribution >= 0.6 is 22.9 Å². The molecule has 0 aliphatic rings. The zero-order valence-corrected chi connectivity index (χ0v) is 11.9. The molecule has 1 aromatic heterocycles. The zero-order chi connectivity index (χ0) is 15.7. The summed E-state index contributed by atoms with van der Waals surface area (Å²) in [5, 5.41) is 44.6. The van der Waals surface area contributed by atoms with E-state index in [0.717, 1.165) is 17.0 Å². The van der Waals surface area contributed by atoms with Crippen molar-refractivity contribution < 1.29 is 24.9 Å². The molecule has 1 aromatic carbocycles. The number of azo groups is 2. The molecule has 110 valence electrons. The van der Waals surface area contributed by atoms with E-state index in [1.165, 1.54) is 7.05 Å². The van der Waals surface area contributed by atoms with Gasteiger partial charge in [0.2, 0.25) is 0 Å². The Morgan fingerprint density at radius 1 is 1.43 bits per heavy atom. The van der Waals surface area contributed by atoms with Gasteiger partial charge in [-0.3, -0.25) is 10.1 Å². The van der Waals surface area contributed by atoms with Crippen molar-refractivity contribution in [1.82, 2.24) is 4.98 Å². The predicted octanol–water partition coefficient (Wildman–Crippen LogP) is 2.25. The van der Waals surface area contributed by atoms with Crippen molar-refractivity contribution in [1.29, 1.82) is 0 Å². The van der Waals surface area contributed by atoms with Gasteiger partial charge in [0.05, 0.1) is 9.95 Å². The highest BCUT2D eigenvalue weighted by atomic mass is 35.5. The van der Waals surface area contributed by atoms with E-state index in [9.17, 15) is 25.4 Å². The molecular weight excluding hydrogens is 324 g/mol. The normalized spacial score (nSPS) is 11.6. The first-order valence-electron chi connectivity index (χ1n) is 5.28. The Morgan fingerprint density at radius 3 is 2.67 bits per heavy atom. The van der Waals surface area contributed by atoms with Crippen LogP contribution in [0.5, 0.6) is 17.2 Å². The van der Waals surface area contributed by atoms with E-state index in [2.05, 4.69) is 10.1 Å². The summed E-state index contributed by atoms with van der Waals surface area (Å²) in [4.78, 5) is 13.6. The molecule has 0 saturated carbocycles. The molecule has 2 N–H and O–H groups in total. The topological polar surface area (TPSA) is 135 Å². The third-order valence-corrected chi connectivity index (χ3v) is 3.57. The van der Waals surface area contributed by atoms with Crippen molar-refractivity contribution in [3.8, 4) is 17.2 Å². The molecule has 2 rings (SSSR count). The van der Waals surface area contributed by atoms with E-state index in [-0.39, 0.29) is 15.8 Å². The Morgan fingerprint density at radius 2 is 2.10 bits per heavy atom. The second kappa shape index (κ2) is 5.50.